The van der Waals surface area contributed by atoms with Crippen LogP contribution < -0.4 is 10.5 Å². The highest BCUT2D eigenvalue weighted by Crippen LogP contribution is 2.26. The van der Waals surface area contributed by atoms with Crippen molar-refractivity contribution in [2.75, 3.05) is 13.1 Å². The van der Waals surface area contributed by atoms with Crippen LogP contribution in [0.3, 0.4) is 0 Å². The summed E-state index contributed by atoms with van der Waals surface area (Å²) in [5.41, 5.74) is 6.22. The third kappa shape index (κ3) is 4.18. The van der Waals surface area contributed by atoms with Gasteiger partial charge in [0.15, 0.2) is 0 Å². The minimum atomic E-state index is -0.741. The number of carbonyl (C=O) groups is 2. The Balaban J connectivity index is 1.83. The van der Waals surface area contributed by atoms with E-state index in [1.165, 1.54) is 0 Å². The number of benzene rings is 2. The zero-order valence-electron chi connectivity index (χ0n) is 14.0. The number of nitrogens with zero attached hydrogens (tertiary/aromatic N) is 1. The van der Waals surface area contributed by atoms with Crippen LogP contribution in [0.4, 0.5) is 0 Å². The molecule has 1 saturated heterocycles. The summed E-state index contributed by atoms with van der Waals surface area (Å²) in [6.07, 6.45) is 0.760. The summed E-state index contributed by atoms with van der Waals surface area (Å²) in [5.74, 6) is -0.141. The van der Waals surface area contributed by atoms with E-state index in [1.54, 1.807) is 4.90 Å². The van der Waals surface area contributed by atoms with Crippen LogP contribution in [0.25, 0.3) is 0 Å². The maximum absolute atomic E-state index is 13.1. The summed E-state index contributed by atoms with van der Waals surface area (Å²) in [5, 5.41) is 0. The Labute approximate surface area is 147 Å². The molecule has 1 aliphatic rings. The first-order valence-electron chi connectivity index (χ1n) is 8.50. The average molecular weight is 338 g/mol. The first-order valence-corrected chi connectivity index (χ1v) is 8.50. The third-order valence-corrected chi connectivity index (χ3v) is 4.46. The van der Waals surface area contributed by atoms with E-state index in [9.17, 15) is 9.59 Å². The molecule has 3 rings (SSSR count). The number of likely N-dealkylation sites (tertiary alicyclic amines) is 1. The molecule has 2 atom stereocenters. The molecule has 0 saturated carbocycles. The van der Waals surface area contributed by atoms with Gasteiger partial charge < -0.3 is 15.4 Å². The minimum absolute atomic E-state index is 0.138. The predicted molar refractivity (Wildman–Crippen MR) is 94.8 cm³/mol. The Bertz CT molecular complexity index is 718. The summed E-state index contributed by atoms with van der Waals surface area (Å²) in [6, 6.07) is 18.7. The second kappa shape index (κ2) is 7.83. The van der Waals surface area contributed by atoms with E-state index in [0.717, 1.165) is 18.4 Å². The predicted octanol–water partition coefficient (Wildman–Crippen LogP) is 2.53. The Morgan fingerprint density at radius 3 is 2.32 bits per heavy atom. The van der Waals surface area contributed by atoms with Gasteiger partial charge in [-0.1, -0.05) is 48.5 Å². The molecular weight excluding hydrogens is 316 g/mol. The van der Waals surface area contributed by atoms with Crippen molar-refractivity contribution in [3.8, 4) is 5.75 Å². The highest BCUT2D eigenvalue weighted by atomic mass is 16.5. The van der Waals surface area contributed by atoms with Gasteiger partial charge in [0.25, 0.3) is 5.91 Å². The van der Waals surface area contributed by atoms with Crippen LogP contribution in [0.5, 0.6) is 5.75 Å². The SMILES string of the molecule is NC(=O)[C@@H]1CCCN(C(=O)[C@H](Oc2ccccc2)c2ccccc2)C1. The molecule has 0 spiro atoms. The van der Waals surface area contributed by atoms with E-state index in [4.69, 9.17) is 10.5 Å². The van der Waals surface area contributed by atoms with E-state index >= 15 is 0 Å². The molecule has 0 aliphatic carbocycles. The molecule has 1 aliphatic heterocycles. The van der Waals surface area contributed by atoms with Crippen molar-refractivity contribution in [1.82, 2.24) is 4.90 Å². The van der Waals surface area contributed by atoms with Crippen LogP contribution in [0.15, 0.2) is 60.7 Å². The Morgan fingerprint density at radius 2 is 1.68 bits per heavy atom. The molecule has 25 heavy (non-hydrogen) atoms. The molecule has 2 aromatic rings. The fourth-order valence-electron chi connectivity index (χ4n) is 3.10. The molecule has 0 radical (unpaired) electrons. The van der Waals surface area contributed by atoms with Gasteiger partial charge in [0.1, 0.15) is 5.75 Å². The zero-order valence-corrected chi connectivity index (χ0v) is 14.0. The van der Waals surface area contributed by atoms with E-state index < -0.39 is 6.10 Å². The molecule has 0 aromatic heterocycles. The van der Waals surface area contributed by atoms with Crippen molar-refractivity contribution < 1.29 is 14.3 Å². The largest absolute Gasteiger partial charge is 0.476 e. The molecule has 1 fully saturated rings. The summed E-state index contributed by atoms with van der Waals surface area (Å²) < 4.78 is 6.00. The topological polar surface area (TPSA) is 72.6 Å². The standard InChI is InChI=1S/C20H22N2O3/c21-19(23)16-10-7-13-22(14-16)20(24)18(15-8-3-1-4-9-15)25-17-11-5-2-6-12-17/h1-6,8-9,11-12,16,18H,7,10,13-14H2,(H2,21,23)/t16-,18-/m1/s1. The van der Waals surface area contributed by atoms with Gasteiger partial charge in [-0.05, 0) is 25.0 Å². The minimum Gasteiger partial charge on any atom is -0.476 e. The van der Waals surface area contributed by atoms with Crippen LogP contribution in [-0.4, -0.2) is 29.8 Å². The van der Waals surface area contributed by atoms with Gasteiger partial charge in [-0.15, -0.1) is 0 Å². The van der Waals surface area contributed by atoms with Gasteiger partial charge in [-0.25, -0.2) is 0 Å². The number of carbonyl (C=O) groups excluding carboxylic acids is 2. The smallest absolute Gasteiger partial charge is 0.268 e. The van der Waals surface area contributed by atoms with Gasteiger partial charge >= 0.3 is 0 Å². The van der Waals surface area contributed by atoms with Crippen molar-refractivity contribution in [3.05, 3.63) is 66.2 Å². The monoisotopic (exact) mass is 338 g/mol. The number of ether oxygens (including phenoxy) is 1. The number of hydrogen-bond acceptors (Lipinski definition) is 3. The van der Waals surface area contributed by atoms with Crippen molar-refractivity contribution in [1.29, 1.82) is 0 Å². The fourth-order valence-corrected chi connectivity index (χ4v) is 3.10. The lowest BCUT2D eigenvalue weighted by Gasteiger charge is -2.33. The molecule has 5 heteroatoms. The van der Waals surface area contributed by atoms with E-state index in [1.807, 2.05) is 60.7 Å². The second-order valence-electron chi connectivity index (χ2n) is 6.25. The Hall–Kier alpha value is -2.82. The lowest BCUT2D eigenvalue weighted by molar-refractivity contribution is -0.142. The van der Waals surface area contributed by atoms with Gasteiger partial charge in [0, 0.05) is 18.7 Å². The molecule has 2 N–H and O–H groups in total. The molecule has 1 heterocycles. The van der Waals surface area contributed by atoms with Gasteiger partial charge in [0.05, 0.1) is 5.92 Å². The quantitative estimate of drug-likeness (QED) is 0.910. The van der Waals surface area contributed by atoms with Crippen LogP contribution in [0.1, 0.15) is 24.5 Å². The third-order valence-electron chi connectivity index (χ3n) is 4.46. The Morgan fingerprint density at radius 1 is 1.04 bits per heavy atom. The fraction of sp³-hybridized carbons (Fsp3) is 0.300. The van der Waals surface area contributed by atoms with Crippen LogP contribution in [-0.2, 0) is 9.59 Å². The van der Waals surface area contributed by atoms with Crippen molar-refractivity contribution in [2.24, 2.45) is 11.7 Å². The number of para-hydroxylation sites is 1. The summed E-state index contributed by atoms with van der Waals surface area (Å²) in [6.45, 7) is 0.972. The van der Waals surface area contributed by atoms with Crippen LogP contribution in [0, 0.1) is 5.92 Å². The van der Waals surface area contributed by atoms with E-state index in [0.29, 0.717) is 18.8 Å². The van der Waals surface area contributed by atoms with Crippen molar-refractivity contribution in [2.45, 2.75) is 18.9 Å². The van der Waals surface area contributed by atoms with Crippen LogP contribution >= 0.6 is 0 Å². The highest BCUT2D eigenvalue weighted by molar-refractivity contribution is 5.84. The maximum Gasteiger partial charge on any atom is 0.268 e. The van der Waals surface area contributed by atoms with Crippen molar-refractivity contribution >= 4 is 11.8 Å². The van der Waals surface area contributed by atoms with Gasteiger partial charge in [-0.2, -0.15) is 0 Å². The summed E-state index contributed by atoms with van der Waals surface area (Å²) in [4.78, 5) is 26.3. The number of hydrogen-bond donors (Lipinski definition) is 1. The first-order chi connectivity index (χ1) is 12.1. The number of piperidine rings is 1. The average Bonchev–Trinajstić information content (AvgIpc) is 2.67. The lowest BCUT2D eigenvalue weighted by Crippen LogP contribution is -2.46. The van der Waals surface area contributed by atoms with E-state index in [-0.39, 0.29) is 17.7 Å². The van der Waals surface area contributed by atoms with Crippen LogP contribution in [0.2, 0.25) is 0 Å². The van der Waals surface area contributed by atoms with Gasteiger partial charge in [-0.3, -0.25) is 9.59 Å². The Kier molecular flexibility index (Phi) is 5.33. The zero-order chi connectivity index (χ0) is 17.6. The normalized spacial score (nSPS) is 18.4. The lowest BCUT2D eigenvalue weighted by atomic mass is 9.96. The number of primary amides is 1. The number of amides is 2. The van der Waals surface area contributed by atoms with E-state index in [2.05, 4.69) is 0 Å². The molecule has 0 unspecified atom stereocenters. The molecule has 0 bridgehead atoms. The first kappa shape index (κ1) is 17.0. The number of rotatable bonds is 5. The van der Waals surface area contributed by atoms with Crippen molar-refractivity contribution in [3.63, 3.8) is 0 Å². The maximum atomic E-state index is 13.1. The molecule has 130 valence electrons. The second-order valence-corrected chi connectivity index (χ2v) is 6.25. The molecule has 5 nitrogen and oxygen atoms in total. The number of nitrogens with two attached hydrogens (primary N) is 1. The molecular formula is C20H22N2O3. The summed E-state index contributed by atoms with van der Waals surface area (Å²) in [7, 11) is 0. The highest BCUT2D eigenvalue weighted by Gasteiger charge is 2.33. The van der Waals surface area contributed by atoms with Gasteiger partial charge in [0.2, 0.25) is 12.0 Å². The molecule has 2 aromatic carbocycles. The summed E-state index contributed by atoms with van der Waals surface area (Å²) >= 11 is 0. The molecule has 2 amide bonds.